The van der Waals surface area contributed by atoms with Gasteiger partial charge in [-0.1, -0.05) is 36.7 Å². The van der Waals surface area contributed by atoms with Crippen LogP contribution in [0.25, 0.3) is 0 Å². The average Bonchev–Trinajstić information content (AvgIpc) is 2.73. The van der Waals surface area contributed by atoms with Gasteiger partial charge in [0.25, 0.3) is 0 Å². The molecule has 0 radical (unpaired) electrons. The number of alkyl halides is 1. The predicted octanol–water partition coefficient (Wildman–Crippen LogP) is 2.98. The van der Waals surface area contributed by atoms with Crippen LogP contribution in [0.3, 0.4) is 0 Å². The van der Waals surface area contributed by atoms with E-state index in [1.807, 2.05) is 0 Å². The van der Waals surface area contributed by atoms with Crippen LogP contribution in [0, 0.1) is 16.2 Å². The maximum atomic E-state index is 13.3. The van der Waals surface area contributed by atoms with E-state index < -0.39 is 0 Å². The van der Waals surface area contributed by atoms with Crippen molar-refractivity contribution < 1.29 is 10.1 Å². The summed E-state index contributed by atoms with van der Waals surface area (Å²) in [6.45, 7) is 16.1. The lowest BCUT2D eigenvalue weighted by Crippen LogP contribution is -3.06. The molecule has 0 unspecified atom stereocenters. The van der Waals surface area contributed by atoms with Gasteiger partial charge in [0.15, 0.2) is 0 Å². The van der Waals surface area contributed by atoms with Gasteiger partial charge in [-0.2, -0.15) is 0 Å². The fourth-order valence-corrected chi connectivity index (χ4v) is 8.20. The number of piperidine rings is 1. The maximum Gasteiger partial charge on any atom is 0.228 e. The Balaban J connectivity index is 1.78. The van der Waals surface area contributed by atoms with Gasteiger partial charge >= 0.3 is 0 Å². The van der Waals surface area contributed by atoms with Crippen LogP contribution in [0.15, 0.2) is 0 Å². The van der Waals surface area contributed by atoms with Gasteiger partial charge in [0.05, 0.1) is 16.5 Å². The molecule has 4 fully saturated rings. The molecule has 1 saturated heterocycles. The number of hydrogen-bond acceptors (Lipinski definition) is 1. The van der Waals surface area contributed by atoms with Crippen LogP contribution < -0.4 is 10.6 Å². The molecule has 3 saturated carbocycles. The summed E-state index contributed by atoms with van der Waals surface area (Å²) in [6, 6.07) is 0.287. The van der Waals surface area contributed by atoms with E-state index in [2.05, 4.69) is 75.0 Å². The van der Waals surface area contributed by atoms with Crippen molar-refractivity contribution in [2.45, 2.75) is 96.1 Å². The first kappa shape index (κ1) is 17.7. The molecule has 4 heteroatoms. The summed E-state index contributed by atoms with van der Waals surface area (Å²) in [5.41, 5.74) is 0.472. The van der Waals surface area contributed by atoms with E-state index >= 15 is 0 Å². The molecule has 4 aliphatic rings. The summed E-state index contributed by atoms with van der Waals surface area (Å²) < 4.78 is 0. The Morgan fingerprint density at radius 3 is 1.91 bits per heavy atom. The molecule has 3 N–H and O–H groups in total. The fourth-order valence-electron chi connectivity index (χ4n) is 6.39. The van der Waals surface area contributed by atoms with Gasteiger partial charge in [0.2, 0.25) is 5.91 Å². The number of halogens is 1. The van der Waals surface area contributed by atoms with Gasteiger partial charge in [-0.05, 0) is 51.4 Å². The zero-order valence-corrected chi connectivity index (χ0v) is 17.4. The van der Waals surface area contributed by atoms with Crippen LogP contribution in [0.2, 0.25) is 0 Å². The summed E-state index contributed by atoms with van der Waals surface area (Å²) in [7, 11) is 0. The van der Waals surface area contributed by atoms with Gasteiger partial charge in [0, 0.05) is 23.7 Å². The number of rotatable bonds is 2. The van der Waals surface area contributed by atoms with Crippen LogP contribution in [0.5, 0.6) is 0 Å². The topological polar surface area (TPSA) is 45.7 Å². The van der Waals surface area contributed by atoms with Gasteiger partial charge in [-0.3, -0.25) is 4.79 Å². The number of hydrogen-bond donors (Lipinski definition) is 2. The van der Waals surface area contributed by atoms with Crippen LogP contribution in [-0.4, -0.2) is 27.9 Å². The van der Waals surface area contributed by atoms with E-state index in [1.165, 1.54) is 0 Å². The molecule has 0 aromatic heterocycles. The lowest BCUT2D eigenvalue weighted by molar-refractivity contribution is -0.788. The Labute approximate surface area is 149 Å². The van der Waals surface area contributed by atoms with Crippen LogP contribution in [-0.2, 0) is 4.79 Å². The second-order valence-electron chi connectivity index (χ2n) is 10.6. The van der Waals surface area contributed by atoms with Gasteiger partial charge in [-0.25, -0.2) is 0 Å². The molecule has 132 valence electrons. The van der Waals surface area contributed by atoms with E-state index in [0.717, 1.165) is 25.7 Å². The van der Waals surface area contributed by atoms with Gasteiger partial charge < -0.3 is 10.6 Å². The van der Waals surface area contributed by atoms with Crippen molar-refractivity contribution in [3.05, 3.63) is 0 Å². The van der Waals surface area contributed by atoms with Crippen molar-refractivity contribution in [1.82, 2.24) is 5.32 Å². The molecule has 0 aromatic carbocycles. The predicted molar refractivity (Wildman–Crippen MR) is 97.5 cm³/mol. The SMILES string of the molecule is CC1(C)CC(NC(=O)[C@]23CC[C@](C)([C@@H]2Br)C3(C)C)CC(C)(C)[NH2+]1. The number of nitrogens with one attached hydrogen (secondary N) is 1. The highest BCUT2D eigenvalue weighted by atomic mass is 79.9. The van der Waals surface area contributed by atoms with Crippen LogP contribution in [0.4, 0.5) is 0 Å². The minimum atomic E-state index is -0.225. The average molecular weight is 386 g/mol. The summed E-state index contributed by atoms with van der Waals surface area (Å²) in [4.78, 5) is 13.6. The van der Waals surface area contributed by atoms with E-state index in [-0.39, 0.29) is 39.3 Å². The largest absolute Gasteiger partial charge is 0.352 e. The third kappa shape index (κ3) is 2.19. The number of carbonyl (C=O) groups is 1. The molecule has 1 amide bonds. The Kier molecular flexibility index (Phi) is 3.66. The van der Waals surface area contributed by atoms with Crippen molar-refractivity contribution in [3.8, 4) is 0 Å². The minimum Gasteiger partial charge on any atom is -0.352 e. The normalized spacial score (nSPS) is 43.7. The standard InChI is InChI=1S/C19H33BrN2O/c1-15(2)10-12(11-16(3,4)22-15)21-14(23)19-9-8-18(7,13(19)20)17(19,5)6/h12-13,22H,8-11H2,1-7H3,(H,21,23)/p+1/t13-,18+,19-/m0/s1. The third-order valence-electron chi connectivity index (χ3n) is 7.64. The second kappa shape index (κ2) is 4.75. The lowest BCUT2D eigenvalue weighted by atomic mass is 9.43. The first-order valence-electron chi connectivity index (χ1n) is 9.10. The molecule has 3 atom stereocenters. The van der Waals surface area contributed by atoms with E-state index in [9.17, 15) is 4.79 Å². The molecule has 23 heavy (non-hydrogen) atoms. The first-order valence-corrected chi connectivity index (χ1v) is 10.0. The summed E-state index contributed by atoms with van der Waals surface area (Å²) in [6.07, 6.45) is 4.26. The molecule has 3 aliphatic carbocycles. The van der Waals surface area contributed by atoms with Gasteiger partial charge in [0.1, 0.15) is 0 Å². The molecule has 2 bridgehead atoms. The Morgan fingerprint density at radius 2 is 1.52 bits per heavy atom. The summed E-state index contributed by atoms with van der Waals surface area (Å²) in [5.74, 6) is 0.290. The third-order valence-corrected chi connectivity index (χ3v) is 9.43. The highest BCUT2D eigenvalue weighted by Crippen LogP contribution is 2.79. The molecular formula is C19H34BrN2O+. The molecular weight excluding hydrogens is 352 g/mol. The number of quaternary nitrogens is 1. The quantitative estimate of drug-likeness (QED) is 0.705. The van der Waals surface area contributed by atoms with Crippen LogP contribution >= 0.6 is 15.9 Å². The Bertz CT molecular complexity index is 525. The van der Waals surface area contributed by atoms with Crippen molar-refractivity contribution in [1.29, 1.82) is 0 Å². The summed E-state index contributed by atoms with van der Waals surface area (Å²) in [5, 5.41) is 5.93. The zero-order chi connectivity index (χ0) is 17.5. The van der Waals surface area contributed by atoms with Gasteiger partial charge in [-0.15, -0.1) is 0 Å². The molecule has 0 aromatic rings. The van der Waals surface area contributed by atoms with E-state index in [4.69, 9.17) is 0 Å². The molecule has 4 rings (SSSR count). The monoisotopic (exact) mass is 385 g/mol. The zero-order valence-electron chi connectivity index (χ0n) is 15.8. The van der Waals surface area contributed by atoms with E-state index in [0.29, 0.717) is 4.83 Å². The molecule has 1 aliphatic heterocycles. The minimum absolute atomic E-state index is 0.0735. The number of carbonyl (C=O) groups excluding carboxylic acids is 1. The maximum absolute atomic E-state index is 13.3. The van der Waals surface area contributed by atoms with E-state index in [1.54, 1.807) is 0 Å². The summed E-state index contributed by atoms with van der Waals surface area (Å²) >= 11 is 3.89. The van der Waals surface area contributed by atoms with Crippen molar-refractivity contribution >= 4 is 21.8 Å². The number of fused-ring (bicyclic) bond motifs is 1. The van der Waals surface area contributed by atoms with Crippen molar-refractivity contribution in [2.75, 3.05) is 0 Å². The Hall–Kier alpha value is -0.0900. The number of amides is 1. The highest BCUT2D eigenvalue weighted by Gasteiger charge is 2.80. The van der Waals surface area contributed by atoms with Crippen LogP contribution in [0.1, 0.15) is 74.1 Å². The fraction of sp³-hybridized carbons (Fsp3) is 0.947. The second-order valence-corrected chi connectivity index (χ2v) is 11.5. The highest BCUT2D eigenvalue weighted by molar-refractivity contribution is 9.09. The van der Waals surface area contributed by atoms with Crippen molar-refractivity contribution in [2.24, 2.45) is 16.2 Å². The smallest absolute Gasteiger partial charge is 0.228 e. The van der Waals surface area contributed by atoms with Crippen molar-refractivity contribution in [3.63, 3.8) is 0 Å². The molecule has 3 nitrogen and oxygen atoms in total. The lowest BCUT2D eigenvalue weighted by Gasteiger charge is -2.64. The Morgan fingerprint density at radius 1 is 1.00 bits per heavy atom. The molecule has 1 heterocycles. The first-order chi connectivity index (χ1) is 10.3. The molecule has 0 spiro atoms. The number of nitrogens with two attached hydrogens (primary N) is 1.